The van der Waals surface area contributed by atoms with Crippen molar-refractivity contribution in [3.8, 4) is 11.5 Å². The molecule has 0 heterocycles. The summed E-state index contributed by atoms with van der Waals surface area (Å²) >= 11 is 0. The summed E-state index contributed by atoms with van der Waals surface area (Å²) in [6, 6.07) is 10.5. The zero-order valence-corrected chi connectivity index (χ0v) is 7.23. The summed E-state index contributed by atoms with van der Waals surface area (Å²) in [7, 11) is 0. The molecule has 0 saturated carbocycles. The van der Waals surface area contributed by atoms with Crippen molar-refractivity contribution in [3.63, 3.8) is 0 Å². The van der Waals surface area contributed by atoms with Crippen molar-refractivity contribution in [2.24, 2.45) is 0 Å². The SMILES string of the molecule is O=[C]Oc1c(O)ccc2ccccc12. The Morgan fingerprint density at radius 2 is 1.93 bits per heavy atom. The van der Waals surface area contributed by atoms with Crippen LogP contribution in [0.5, 0.6) is 11.5 Å². The highest BCUT2D eigenvalue weighted by molar-refractivity contribution is 5.91. The first-order valence-electron chi connectivity index (χ1n) is 4.07. The molecule has 1 N–H and O–H groups in total. The number of benzene rings is 2. The van der Waals surface area contributed by atoms with E-state index in [1.165, 1.54) is 12.5 Å². The standard InChI is InChI=1S/C11H7O3/c12-7-14-11-9-4-2-1-3-8(9)5-6-10(11)13/h1-6,13H. The molecule has 1 radical (unpaired) electrons. The van der Waals surface area contributed by atoms with Gasteiger partial charge in [0, 0.05) is 5.39 Å². The Labute approximate surface area is 80.5 Å². The van der Waals surface area contributed by atoms with Crippen molar-refractivity contribution in [2.75, 3.05) is 0 Å². The summed E-state index contributed by atoms with van der Waals surface area (Å²) < 4.78 is 4.59. The quantitative estimate of drug-likeness (QED) is 0.782. The maximum atomic E-state index is 10.1. The molecular formula is C11H7O3. The van der Waals surface area contributed by atoms with E-state index in [4.69, 9.17) is 0 Å². The van der Waals surface area contributed by atoms with Crippen LogP contribution in [-0.2, 0) is 4.79 Å². The van der Waals surface area contributed by atoms with Gasteiger partial charge in [0.05, 0.1) is 0 Å². The Kier molecular flexibility index (Phi) is 2.07. The summed E-state index contributed by atoms with van der Waals surface area (Å²) in [4.78, 5) is 10.1. The highest BCUT2D eigenvalue weighted by atomic mass is 16.5. The molecule has 0 bridgehead atoms. The maximum absolute atomic E-state index is 10.1. The number of ether oxygens (including phenoxy) is 1. The summed E-state index contributed by atoms with van der Waals surface area (Å²) in [5.41, 5.74) is 0. The van der Waals surface area contributed by atoms with Gasteiger partial charge in [-0.3, -0.25) is 0 Å². The third kappa shape index (κ3) is 1.29. The minimum absolute atomic E-state index is 0.0629. The van der Waals surface area contributed by atoms with Gasteiger partial charge in [-0.15, -0.1) is 0 Å². The van der Waals surface area contributed by atoms with Crippen molar-refractivity contribution in [2.45, 2.75) is 0 Å². The largest absolute Gasteiger partial charge is 0.504 e. The average Bonchev–Trinajstić information content (AvgIpc) is 2.23. The van der Waals surface area contributed by atoms with Crippen LogP contribution in [0.25, 0.3) is 10.8 Å². The minimum atomic E-state index is -0.0629. The topological polar surface area (TPSA) is 46.5 Å². The van der Waals surface area contributed by atoms with Gasteiger partial charge in [0.25, 0.3) is 0 Å². The van der Waals surface area contributed by atoms with Crippen LogP contribution in [0.3, 0.4) is 0 Å². The summed E-state index contributed by atoms with van der Waals surface area (Å²) in [5.74, 6) is 0.0881. The Hall–Kier alpha value is -2.03. The smallest absolute Gasteiger partial charge is 0.423 e. The van der Waals surface area contributed by atoms with Gasteiger partial charge in [0.1, 0.15) is 0 Å². The van der Waals surface area contributed by atoms with Crippen LogP contribution >= 0.6 is 0 Å². The number of hydrogen-bond acceptors (Lipinski definition) is 3. The monoisotopic (exact) mass is 187 g/mol. The molecule has 3 heteroatoms. The zero-order chi connectivity index (χ0) is 9.97. The first kappa shape index (κ1) is 8.56. The van der Waals surface area contributed by atoms with E-state index in [-0.39, 0.29) is 11.5 Å². The number of hydrogen-bond donors (Lipinski definition) is 1. The summed E-state index contributed by atoms with van der Waals surface area (Å²) in [6.07, 6.45) is 0. The molecule has 2 aromatic carbocycles. The molecule has 0 fully saturated rings. The normalized spacial score (nSPS) is 10.0. The fourth-order valence-corrected chi connectivity index (χ4v) is 1.38. The molecule has 0 aliphatic heterocycles. The molecule has 0 aromatic heterocycles. The van der Waals surface area contributed by atoms with E-state index in [1.807, 2.05) is 12.1 Å². The lowest BCUT2D eigenvalue weighted by Gasteiger charge is -2.04. The molecule has 2 rings (SSSR count). The number of phenols is 1. The first-order chi connectivity index (χ1) is 6.83. The molecule has 0 aliphatic carbocycles. The van der Waals surface area contributed by atoms with Crippen molar-refractivity contribution >= 4 is 17.2 Å². The molecule has 14 heavy (non-hydrogen) atoms. The van der Waals surface area contributed by atoms with Gasteiger partial charge in [-0.1, -0.05) is 30.3 Å². The van der Waals surface area contributed by atoms with Gasteiger partial charge < -0.3 is 9.84 Å². The number of carbonyl (C=O) groups excluding carboxylic acids is 1. The molecule has 0 aliphatic rings. The molecule has 0 spiro atoms. The van der Waals surface area contributed by atoms with Crippen LogP contribution in [0.2, 0.25) is 0 Å². The minimum Gasteiger partial charge on any atom is -0.504 e. The Bertz CT molecular complexity index is 477. The fourth-order valence-electron chi connectivity index (χ4n) is 1.38. The molecule has 3 nitrogen and oxygen atoms in total. The molecular weight excluding hydrogens is 180 g/mol. The second-order valence-corrected chi connectivity index (χ2v) is 2.82. The van der Waals surface area contributed by atoms with Crippen LogP contribution in [0.1, 0.15) is 0 Å². The van der Waals surface area contributed by atoms with Gasteiger partial charge in [-0.05, 0) is 11.5 Å². The van der Waals surface area contributed by atoms with E-state index in [1.54, 1.807) is 18.2 Å². The van der Waals surface area contributed by atoms with Crippen molar-refractivity contribution in [1.82, 2.24) is 0 Å². The van der Waals surface area contributed by atoms with Gasteiger partial charge in [-0.2, -0.15) is 0 Å². The van der Waals surface area contributed by atoms with E-state index in [0.717, 1.165) is 5.39 Å². The predicted molar refractivity (Wildman–Crippen MR) is 51.9 cm³/mol. The predicted octanol–water partition coefficient (Wildman–Crippen LogP) is 1.99. The van der Waals surface area contributed by atoms with E-state index in [2.05, 4.69) is 4.74 Å². The van der Waals surface area contributed by atoms with Gasteiger partial charge in [0.15, 0.2) is 11.5 Å². The molecule has 0 atom stereocenters. The average molecular weight is 187 g/mol. The van der Waals surface area contributed by atoms with Crippen LogP contribution in [-0.4, -0.2) is 11.6 Å². The van der Waals surface area contributed by atoms with Crippen LogP contribution in [0.4, 0.5) is 0 Å². The number of aromatic hydroxyl groups is 1. The van der Waals surface area contributed by atoms with Gasteiger partial charge in [0.2, 0.25) is 0 Å². The molecule has 69 valence electrons. The van der Waals surface area contributed by atoms with E-state index < -0.39 is 0 Å². The Balaban J connectivity index is 2.75. The third-order valence-corrected chi connectivity index (χ3v) is 2.00. The fraction of sp³-hybridized carbons (Fsp3) is 0. The van der Waals surface area contributed by atoms with Gasteiger partial charge in [-0.25, -0.2) is 4.79 Å². The number of rotatable bonds is 2. The van der Waals surface area contributed by atoms with Crippen LogP contribution in [0.15, 0.2) is 36.4 Å². The highest BCUT2D eigenvalue weighted by Gasteiger charge is 2.07. The molecule has 0 amide bonds. The van der Waals surface area contributed by atoms with Crippen molar-refractivity contribution in [3.05, 3.63) is 36.4 Å². The first-order valence-corrected chi connectivity index (χ1v) is 4.07. The van der Waals surface area contributed by atoms with Crippen LogP contribution in [0, 0.1) is 0 Å². The molecule has 2 aromatic rings. The highest BCUT2D eigenvalue weighted by Crippen LogP contribution is 2.33. The van der Waals surface area contributed by atoms with Gasteiger partial charge >= 0.3 is 6.47 Å². The Morgan fingerprint density at radius 3 is 2.71 bits per heavy atom. The number of fused-ring (bicyclic) bond motifs is 1. The third-order valence-electron chi connectivity index (χ3n) is 2.00. The zero-order valence-electron chi connectivity index (χ0n) is 7.23. The lowest BCUT2D eigenvalue weighted by atomic mass is 10.1. The number of phenolic OH excluding ortho intramolecular Hbond substituents is 1. The second kappa shape index (κ2) is 3.38. The van der Waals surface area contributed by atoms with E-state index >= 15 is 0 Å². The van der Waals surface area contributed by atoms with Crippen LogP contribution < -0.4 is 4.74 Å². The molecule has 0 unspecified atom stereocenters. The maximum Gasteiger partial charge on any atom is 0.423 e. The van der Waals surface area contributed by atoms with E-state index in [9.17, 15) is 9.90 Å². The van der Waals surface area contributed by atoms with E-state index in [0.29, 0.717) is 5.39 Å². The van der Waals surface area contributed by atoms with Crippen molar-refractivity contribution in [1.29, 1.82) is 0 Å². The Morgan fingerprint density at radius 1 is 1.14 bits per heavy atom. The lowest BCUT2D eigenvalue weighted by Crippen LogP contribution is -1.90. The lowest BCUT2D eigenvalue weighted by molar-refractivity contribution is 0.409. The van der Waals surface area contributed by atoms with Crippen molar-refractivity contribution < 1.29 is 14.6 Å². The second-order valence-electron chi connectivity index (χ2n) is 2.82. The molecule has 0 saturated heterocycles. The summed E-state index contributed by atoms with van der Waals surface area (Å²) in [6.45, 7) is 1.31. The summed E-state index contributed by atoms with van der Waals surface area (Å²) in [5, 5.41) is 11.0.